The lowest BCUT2D eigenvalue weighted by Crippen LogP contribution is -2.27. The van der Waals surface area contributed by atoms with Gasteiger partial charge in [-0.05, 0) is 42.2 Å². The Morgan fingerprint density at radius 3 is 2.56 bits per heavy atom. The maximum atomic E-state index is 11.9. The molecule has 0 aliphatic carbocycles. The topological polar surface area (TPSA) is 46.5 Å². The van der Waals surface area contributed by atoms with E-state index in [4.69, 9.17) is 4.74 Å². The largest absolute Gasteiger partial charge is 0.493 e. The van der Waals surface area contributed by atoms with Crippen LogP contribution in [0.25, 0.3) is 0 Å². The van der Waals surface area contributed by atoms with E-state index in [1.807, 2.05) is 48.5 Å². The van der Waals surface area contributed by atoms with Gasteiger partial charge in [-0.15, -0.1) is 23.5 Å². The summed E-state index contributed by atoms with van der Waals surface area (Å²) in [5, 5.41) is 9.79. The highest BCUT2D eigenvalue weighted by molar-refractivity contribution is 8.16. The van der Waals surface area contributed by atoms with Crippen molar-refractivity contribution in [1.82, 2.24) is 0 Å². The van der Waals surface area contributed by atoms with Gasteiger partial charge in [0, 0.05) is 12.0 Å². The molecule has 0 fully saturated rings. The van der Waals surface area contributed by atoms with Crippen molar-refractivity contribution < 1.29 is 14.6 Å². The Labute approximate surface area is 157 Å². The maximum absolute atomic E-state index is 11.9. The number of carboxylic acid groups (broad SMARTS) is 1. The summed E-state index contributed by atoms with van der Waals surface area (Å²) in [6, 6.07) is 15.7. The first-order valence-electron chi connectivity index (χ1n) is 8.24. The highest BCUT2D eigenvalue weighted by Gasteiger charge is 2.37. The monoisotopic (exact) mass is 374 g/mol. The molecule has 0 amide bonds. The summed E-state index contributed by atoms with van der Waals surface area (Å²) in [6.45, 7) is 0.695. The fourth-order valence-corrected chi connectivity index (χ4v) is 5.32. The number of ether oxygens (including phenoxy) is 1. The van der Waals surface area contributed by atoms with Gasteiger partial charge in [0.05, 0.1) is 16.6 Å². The van der Waals surface area contributed by atoms with Gasteiger partial charge in [-0.3, -0.25) is 4.79 Å². The maximum Gasteiger partial charge on any atom is 0.311 e. The Bertz CT molecular complexity index is 742. The Balaban J connectivity index is 2.00. The van der Waals surface area contributed by atoms with Crippen LogP contribution in [0, 0.1) is 0 Å². The first-order chi connectivity index (χ1) is 12.1. The van der Waals surface area contributed by atoms with Crippen molar-refractivity contribution in [2.24, 2.45) is 0 Å². The smallest absolute Gasteiger partial charge is 0.311 e. The molecule has 3 rings (SSSR count). The zero-order chi connectivity index (χ0) is 17.9. The van der Waals surface area contributed by atoms with Crippen molar-refractivity contribution in [3.8, 4) is 5.75 Å². The Kier molecular flexibility index (Phi) is 5.64. The molecule has 0 radical (unpaired) electrons. The zero-order valence-electron chi connectivity index (χ0n) is 14.4. The van der Waals surface area contributed by atoms with Gasteiger partial charge in [-0.2, -0.15) is 0 Å². The number of thioether (sulfide) groups is 2. The van der Waals surface area contributed by atoms with Crippen molar-refractivity contribution in [1.29, 1.82) is 0 Å². The molecule has 0 unspecified atom stereocenters. The summed E-state index contributed by atoms with van der Waals surface area (Å²) >= 11 is 3.61. The number of carbonyl (C=O) groups is 1. The van der Waals surface area contributed by atoms with Crippen LogP contribution in [0.4, 0.5) is 0 Å². The highest BCUT2D eigenvalue weighted by Crippen LogP contribution is 2.53. The van der Waals surface area contributed by atoms with E-state index in [0.717, 1.165) is 28.9 Å². The number of hydrogen-bond acceptors (Lipinski definition) is 4. The van der Waals surface area contributed by atoms with E-state index in [0.29, 0.717) is 13.0 Å². The van der Waals surface area contributed by atoms with E-state index >= 15 is 0 Å². The molecule has 1 aliphatic heterocycles. The second-order valence-corrected chi connectivity index (χ2v) is 8.56. The summed E-state index contributed by atoms with van der Waals surface area (Å²) in [4.78, 5) is 11.9. The Morgan fingerprint density at radius 2 is 1.92 bits per heavy atom. The lowest BCUT2D eigenvalue weighted by atomic mass is 9.89. The predicted octanol–water partition coefficient (Wildman–Crippen LogP) is 4.76. The van der Waals surface area contributed by atoms with Crippen LogP contribution in [0.5, 0.6) is 5.75 Å². The Morgan fingerprint density at radius 1 is 1.20 bits per heavy atom. The second kappa shape index (κ2) is 7.75. The van der Waals surface area contributed by atoms with Gasteiger partial charge in [-0.1, -0.05) is 36.4 Å². The van der Waals surface area contributed by atoms with Gasteiger partial charge in [0.2, 0.25) is 0 Å². The molecular weight excluding hydrogens is 352 g/mol. The molecular formula is C20H22O3S2. The molecule has 3 nitrogen and oxygen atoms in total. The lowest BCUT2D eigenvalue weighted by Gasteiger charge is -2.36. The summed E-state index contributed by atoms with van der Waals surface area (Å²) in [5.74, 6) is -0.474. The van der Waals surface area contributed by atoms with Gasteiger partial charge in [0.15, 0.2) is 0 Å². The number of fused-ring (bicyclic) bond motifs is 1. The average molecular weight is 375 g/mol. The molecule has 0 saturated heterocycles. The fraction of sp³-hybridized carbons (Fsp3) is 0.350. The molecule has 1 heterocycles. The summed E-state index contributed by atoms with van der Waals surface area (Å²) in [7, 11) is 0. The molecule has 0 saturated carbocycles. The van der Waals surface area contributed by atoms with Gasteiger partial charge in [0.25, 0.3) is 0 Å². The third-order valence-electron chi connectivity index (χ3n) is 4.75. The quantitative estimate of drug-likeness (QED) is 0.739. The zero-order valence-corrected chi connectivity index (χ0v) is 16.0. The minimum absolute atomic E-state index is 0.0700. The molecule has 2 aromatic carbocycles. The average Bonchev–Trinajstić information content (AvgIpc) is 2.66. The summed E-state index contributed by atoms with van der Waals surface area (Å²) < 4.78 is 5.75. The van der Waals surface area contributed by atoms with Crippen molar-refractivity contribution >= 4 is 29.5 Å². The van der Waals surface area contributed by atoms with Gasteiger partial charge in [-0.25, -0.2) is 0 Å². The van der Waals surface area contributed by atoms with E-state index in [1.54, 1.807) is 23.5 Å². The number of benzene rings is 2. The van der Waals surface area contributed by atoms with Crippen molar-refractivity contribution in [2.75, 3.05) is 19.1 Å². The minimum Gasteiger partial charge on any atom is -0.493 e. The molecule has 5 heteroatoms. The summed E-state index contributed by atoms with van der Waals surface area (Å²) in [5.41, 5.74) is 2.98. The number of rotatable bonds is 6. The highest BCUT2D eigenvalue weighted by atomic mass is 32.2. The fourth-order valence-electron chi connectivity index (χ4n) is 3.32. The number of carboxylic acids is 1. The van der Waals surface area contributed by atoms with Crippen LogP contribution in [0.3, 0.4) is 0 Å². The number of aliphatic carboxylic acids is 1. The molecule has 1 atom stereocenters. The van der Waals surface area contributed by atoms with E-state index in [1.165, 1.54) is 0 Å². The van der Waals surface area contributed by atoms with Crippen LogP contribution in [0.1, 0.15) is 29.0 Å². The molecule has 2 aromatic rings. The normalized spacial score (nSPS) is 16.6. The van der Waals surface area contributed by atoms with E-state index < -0.39 is 11.9 Å². The first-order valence-corrected chi connectivity index (χ1v) is 10.7. The Hall–Kier alpha value is -1.59. The minimum atomic E-state index is -0.792. The predicted molar refractivity (Wildman–Crippen MR) is 106 cm³/mol. The molecule has 1 N–H and O–H groups in total. The van der Waals surface area contributed by atoms with Crippen LogP contribution in [-0.2, 0) is 15.3 Å². The molecule has 0 bridgehead atoms. The molecule has 25 heavy (non-hydrogen) atoms. The molecule has 0 spiro atoms. The summed E-state index contributed by atoms with van der Waals surface area (Å²) in [6.07, 6.45) is 5.62. The molecule has 132 valence electrons. The molecule has 1 aliphatic rings. The third kappa shape index (κ3) is 3.67. The standard InChI is InChI=1S/C20H22O3S2/c1-24-20(25-2)10-11-23-18-9-8-15(13-17(18)20)16(19(21)22)12-14-6-4-3-5-7-14/h3-9,13,16H,10-12H2,1-2H3,(H,21,22)/t16-/m0/s1. The van der Waals surface area contributed by atoms with Crippen LogP contribution in [0.2, 0.25) is 0 Å². The van der Waals surface area contributed by atoms with E-state index in [9.17, 15) is 9.90 Å². The van der Waals surface area contributed by atoms with Gasteiger partial charge < -0.3 is 9.84 Å². The second-order valence-electron chi connectivity index (χ2n) is 6.10. The van der Waals surface area contributed by atoms with Crippen LogP contribution in [-0.4, -0.2) is 30.2 Å². The SMILES string of the molecule is CSC1(SC)CCOc2ccc([C@H](Cc3ccccc3)C(=O)O)cc21. The van der Waals surface area contributed by atoms with Gasteiger partial charge in [0.1, 0.15) is 5.75 Å². The van der Waals surface area contributed by atoms with Crippen molar-refractivity contribution in [3.63, 3.8) is 0 Å². The lowest BCUT2D eigenvalue weighted by molar-refractivity contribution is -0.138. The van der Waals surface area contributed by atoms with E-state index in [-0.39, 0.29) is 4.08 Å². The van der Waals surface area contributed by atoms with Crippen LogP contribution >= 0.6 is 23.5 Å². The van der Waals surface area contributed by atoms with Crippen molar-refractivity contribution in [3.05, 3.63) is 65.2 Å². The van der Waals surface area contributed by atoms with Crippen molar-refractivity contribution in [2.45, 2.75) is 22.8 Å². The van der Waals surface area contributed by atoms with Crippen LogP contribution in [0.15, 0.2) is 48.5 Å². The number of hydrogen-bond donors (Lipinski definition) is 1. The first kappa shape index (κ1) is 18.2. The molecule has 0 aromatic heterocycles. The van der Waals surface area contributed by atoms with Gasteiger partial charge >= 0.3 is 5.97 Å². The van der Waals surface area contributed by atoms with Crippen LogP contribution < -0.4 is 4.74 Å². The third-order valence-corrected chi connectivity index (χ3v) is 7.91. The van der Waals surface area contributed by atoms with E-state index in [2.05, 4.69) is 12.5 Å².